The molecule has 1 amide bonds. The van der Waals surface area contributed by atoms with Crippen molar-refractivity contribution >= 4 is 17.7 Å². The number of carbonyl (C=O) groups excluding carboxylic acids is 1. The second kappa shape index (κ2) is 3.73. The molecule has 17 heavy (non-hydrogen) atoms. The van der Waals surface area contributed by atoms with E-state index in [4.69, 9.17) is 9.84 Å². The Hall–Kier alpha value is -2.11. The molecule has 1 aliphatic rings. The number of cyclic esters (lactones) is 1. The van der Waals surface area contributed by atoms with Crippen molar-refractivity contribution in [3.63, 3.8) is 0 Å². The van der Waals surface area contributed by atoms with E-state index < -0.39 is 23.5 Å². The van der Waals surface area contributed by atoms with Crippen LogP contribution in [0.2, 0.25) is 0 Å². The minimum Gasteiger partial charge on any atom is -0.478 e. The van der Waals surface area contributed by atoms with Gasteiger partial charge in [0, 0.05) is 0 Å². The number of amides is 1. The summed E-state index contributed by atoms with van der Waals surface area (Å²) in [6.07, 6.45) is -0.791. The number of carboxylic acids is 1. The number of hydrogen-bond acceptors (Lipinski definition) is 3. The predicted molar refractivity (Wildman–Crippen MR) is 56.3 cm³/mol. The van der Waals surface area contributed by atoms with Gasteiger partial charge in [0.15, 0.2) is 0 Å². The lowest BCUT2D eigenvalue weighted by Crippen LogP contribution is -2.39. The van der Waals surface area contributed by atoms with Crippen LogP contribution >= 0.6 is 0 Å². The van der Waals surface area contributed by atoms with Gasteiger partial charge in [0.1, 0.15) is 5.82 Å². The van der Waals surface area contributed by atoms with E-state index in [9.17, 15) is 14.0 Å². The van der Waals surface area contributed by atoms with Crippen LogP contribution in [0, 0.1) is 5.82 Å². The maximum absolute atomic E-state index is 13.0. The zero-order chi connectivity index (χ0) is 12.6. The summed E-state index contributed by atoms with van der Waals surface area (Å²) < 4.78 is 17.8. The first-order valence-electron chi connectivity index (χ1n) is 4.92. The van der Waals surface area contributed by atoms with Crippen LogP contribution in [0.1, 0.15) is 6.92 Å². The first kappa shape index (κ1) is 11.4. The van der Waals surface area contributed by atoms with E-state index in [-0.39, 0.29) is 12.2 Å². The first-order valence-corrected chi connectivity index (χ1v) is 4.92. The minimum absolute atomic E-state index is 0.148. The van der Waals surface area contributed by atoms with Gasteiger partial charge in [-0.25, -0.2) is 14.0 Å². The highest BCUT2D eigenvalue weighted by atomic mass is 19.1. The third kappa shape index (κ3) is 1.93. The fraction of sp³-hybridized carbons (Fsp3) is 0.273. The second-order valence-corrected chi connectivity index (χ2v) is 3.97. The second-order valence-electron chi connectivity index (χ2n) is 3.97. The lowest BCUT2D eigenvalue weighted by Gasteiger charge is -2.16. The number of aliphatic carboxylic acids is 1. The summed E-state index contributed by atoms with van der Waals surface area (Å²) >= 11 is 0. The molecule has 1 saturated heterocycles. The molecule has 5 nitrogen and oxygen atoms in total. The molecular weight excluding hydrogens is 229 g/mol. The molecule has 0 saturated carbocycles. The van der Waals surface area contributed by atoms with Crippen LogP contribution in [0.4, 0.5) is 14.9 Å². The lowest BCUT2D eigenvalue weighted by atomic mass is 10.1. The summed E-state index contributed by atoms with van der Waals surface area (Å²) in [5, 5.41) is 8.93. The molecule has 0 aromatic heterocycles. The molecule has 1 unspecified atom stereocenters. The number of benzene rings is 1. The molecule has 1 N–H and O–H groups in total. The van der Waals surface area contributed by atoms with Crippen LogP contribution in [-0.2, 0) is 9.53 Å². The fourth-order valence-corrected chi connectivity index (χ4v) is 1.60. The number of halogens is 1. The van der Waals surface area contributed by atoms with Crippen molar-refractivity contribution < 1.29 is 23.8 Å². The third-order valence-electron chi connectivity index (χ3n) is 2.57. The normalized spacial score (nSPS) is 23.6. The quantitative estimate of drug-likeness (QED) is 0.851. The van der Waals surface area contributed by atoms with Gasteiger partial charge in [-0.05, 0) is 25.1 Å². The Balaban J connectivity index is 2.30. The topological polar surface area (TPSA) is 66.8 Å². The van der Waals surface area contributed by atoms with Gasteiger partial charge in [-0.3, -0.25) is 4.90 Å². The highest BCUT2D eigenvalue weighted by Gasteiger charge is 2.48. The van der Waals surface area contributed by atoms with Crippen LogP contribution < -0.4 is 4.90 Å². The van der Waals surface area contributed by atoms with Crippen molar-refractivity contribution in [3.05, 3.63) is 30.1 Å². The zero-order valence-electron chi connectivity index (χ0n) is 9.01. The monoisotopic (exact) mass is 239 g/mol. The average molecular weight is 239 g/mol. The maximum atomic E-state index is 13.0. The lowest BCUT2D eigenvalue weighted by molar-refractivity contribution is -0.152. The van der Waals surface area contributed by atoms with Gasteiger partial charge in [-0.2, -0.15) is 0 Å². The van der Waals surface area contributed by atoms with Crippen LogP contribution in [0.15, 0.2) is 24.3 Å². The summed E-state index contributed by atoms with van der Waals surface area (Å²) in [5.41, 5.74) is -1.32. The summed E-state index contributed by atoms with van der Waals surface area (Å²) in [4.78, 5) is 23.6. The van der Waals surface area contributed by atoms with E-state index in [2.05, 4.69) is 0 Å². The van der Waals surface area contributed by atoms with Crippen molar-refractivity contribution in [3.8, 4) is 0 Å². The minimum atomic E-state index is -1.59. The molecule has 1 aromatic rings. The van der Waals surface area contributed by atoms with E-state index in [1.807, 2.05) is 0 Å². The summed E-state index contributed by atoms with van der Waals surface area (Å²) in [6, 6.07) is 5.34. The number of nitrogens with zero attached hydrogens (tertiary/aromatic N) is 1. The smallest absolute Gasteiger partial charge is 0.415 e. The van der Waals surface area contributed by atoms with Gasteiger partial charge >= 0.3 is 12.1 Å². The zero-order valence-corrected chi connectivity index (χ0v) is 9.01. The molecule has 1 heterocycles. The molecule has 6 heteroatoms. The standard InChI is InChI=1S/C11H10FNO4/c1-11(9(14)15)6-13(10(16)17-11)8-4-2-3-7(12)5-8/h2-5H,6H2,1H3,(H,14,15). The number of ether oxygens (including phenoxy) is 1. The highest BCUT2D eigenvalue weighted by molar-refractivity contribution is 5.95. The van der Waals surface area contributed by atoms with Crippen molar-refractivity contribution in [2.75, 3.05) is 11.4 Å². The van der Waals surface area contributed by atoms with Gasteiger partial charge < -0.3 is 9.84 Å². The van der Waals surface area contributed by atoms with E-state index in [1.165, 1.54) is 25.1 Å². The molecule has 1 fully saturated rings. The SMILES string of the molecule is CC1(C(=O)O)CN(c2cccc(F)c2)C(=O)O1. The highest BCUT2D eigenvalue weighted by Crippen LogP contribution is 2.28. The molecule has 2 rings (SSSR count). The van der Waals surface area contributed by atoms with Gasteiger partial charge in [0.05, 0.1) is 12.2 Å². The molecule has 0 aliphatic carbocycles. The molecule has 0 radical (unpaired) electrons. The van der Waals surface area contributed by atoms with E-state index in [1.54, 1.807) is 0 Å². The summed E-state index contributed by atoms with van der Waals surface area (Å²) in [7, 11) is 0. The Kier molecular flexibility index (Phi) is 2.49. The molecule has 1 aliphatic heterocycles. The third-order valence-corrected chi connectivity index (χ3v) is 2.57. The number of carboxylic acid groups (broad SMARTS) is 1. The molecule has 0 bridgehead atoms. The van der Waals surface area contributed by atoms with Crippen molar-refractivity contribution in [1.82, 2.24) is 0 Å². The first-order chi connectivity index (χ1) is 7.92. The summed E-state index contributed by atoms with van der Waals surface area (Å²) in [6.45, 7) is 1.15. The van der Waals surface area contributed by atoms with Crippen LogP contribution in [-0.4, -0.2) is 29.3 Å². The number of rotatable bonds is 2. The predicted octanol–water partition coefficient (Wildman–Crippen LogP) is 1.63. The molecule has 1 atom stereocenters. The van der Waals surface area contributed by atoms with Crippen molar-refractivity contribution in [2.45, 2.75) is 12.5 Å². The average Bonchev–Trinajstić information content (AvgIpc) is 2.56. The van der Waals surface area contributed by atoms with E-state index in [0.29, 0.717) is 0 Å². The number of carbonyl (C=O) groups is 2. The molecule has 0 spiro atoms. The van der Waals surface area contributed by atoms with Gasteiger partial charge in [-0.15, -0.1) is 0 Å². The fourth-order valence-electron chi connectivity index (χ4n) is 1.60. The Morgan fingerprint density at radius 1 is 1.59 bits per heavy atom. The van der Waals surface area contributed by atoms with Crippen LogP contribution in [0.3, 0.4) is 0 Å². The van der Waals surface area contributed by atoms with Crippen LogP contribution in [0.25, 0.3) is 0 Å². The van der Waals surface area contributed by atoms with Gasteiger partial charge in [0.2, 0.25) is 5.60 Å². The van der Waals surface area contributed by atoms with Gasteiger partial charge in [0.25, 0.3) is 0 Å². The Bertz CT molecular complexity index is 490. The largest absolute Gasteiger partial charge is 0.478 e. The van der Waals surface area contributed by atoms with Crippen molar-refractivity contribution in [2.24, 2.45) is 0 Å². The molecule has 1 aromatic carbocycles. The Labute approximate surface area is 96.4 Å². The van der Waals surface area contributed by atoms with E-state index >= 15 is 0 Å². The maximum Gasteiger partial charge on any atom is 0.415 e. The number of hydrogen-bond donors (Lipinski definition) is 1. The van der Waals surface area contributed by atoms with Crippen LogP contribution in [0.5, 0.6) is 0 Å². The molecule has 90 valence electrons. The molecular formula is C11H10FNO4. The van der Waals surface area contributed by atoms with Gasteiger partial charge in [-0.1, -0.05) is 6.07 Å². The Morgan fingerprint density at radius 3 is 2.82 bits per heavy atom. The Morgan fingerprint density at radius 2 is 2.29 bits per heavy atom. The number of anilines is 1. The summed E-state index contributed by atoms with van der Waals surface area (Å²) in [5.74, 6) is -1.73. The van der Waals surface area contributed by atoms with Crippen molar-refractivity contribution in [1.29, 1.82) is 0 Å². The van der Waals surface area contributed by atoms with E-state index in [0.717, 1.165) is 11.0 Å².